The SMILES string of the molecule is O=S(=O)(O)O.O=S(=O)(O)c1ccc(O)cc1. The van der Waals surface area contributed by atoms with E-state index in [2.05, 4.69) is 0 Å². The van der Waals surface area contributed by atoms with E-state index in [1.165, 1.54) is 12.1 Å². The van der Waals surface area contributed by atoms with Crippen molar-refractivity contribution in [2.45, 2.75) is 4.90 Å². The Labute approximate surface area is 91.5 Å². The lowest BCUT2D eigenvalue weighted by molar-refractivity contribution is 0.381. The summed E-state index contributed by atoms with van der Waals surface area (Å²) in [4.78, 5) is -0.227. The molecule has 1 aromatic rings. The largest absolute Gasteiger partial charge is 0.508 e. The van der Waals surface area contributed by atoms with E-state index in [4.69, 9.17) is 27.2 Å². The molecule has 0 aliphatic rings. The number of aromatic hydroxyl groups is 1. The standard InChI is InChI=1S/C6H6O4S.H2O4S/c7-5-1-3-6(4-2-5)11(8,9)10;1-5(2,3)4/h1-4,7H,(H,8,9,10);(H2,1,2,3,4). The summed E-state index contributed by atoms with van der Waals surface area (Å²) in [5.74, 6) is -0.0441. The highest BCUT2D eigenvalue weighted by Crippen LogP contribution is 2.13. The highest BCUT2D eigenvalue weighted by molar-refractivity contribution is 7.85. The van der Waals surface area contributed by atoms with Gasteiger partial charge >= 0.3 is 10.4 Å². The smallest absolute Gasteiger partial charge is 0.394 e. The second kappa shape index (κ2) is 5.23. The molecule has 0 bridgehead atoms. The lowest BCUT2D eigenvalue weighted by Crippen LogP contribution is -1.96. The third kappa shape index (κ3) is 8.14. The molecule has 0 heterocycles. The molecule has 0 saturated carbocycles. The molecule has 0 radical (unpaired) electrons. The summed E-state index contributed by atoms with van der Waals surface area (Å²) in [6, 6.07) is 4.60. The summed E-state index contributed by atoms with van der Waals surface area (Å²) in [6.45, 7) is 0. The molecule has 10 heteroatoms. The van der Waals surface area contributed by atoms with Crippen molar-refractivity contribution in [1.29, 1.82) is 0 Å². The first-order valence-corrected chi connectivity index (χ1v) is 6.30. The minimum Gasteiger partial charge on any atom is -0.508 e. The first-order chi connectivity index (χ1) is 7.00. The van der Waals surface area contributed by atoms with Crippen molar-refractivity contribution in [1.82, 2.24) is 0 Å². The van der Waals surface area contributed by atoms with Crippen molar-refractivity contribution in [3.63, 3.8) is 0 Å². The maximum absolute atomic E-state index is 10.4. The second-order valence-electron chi connectivity index (χ2n) is 2.42. The van der Waals surface area contributed by atoms with E-state index in [9.17, 15) is 8.42 Å². The Morgan fingerprint density at radius 1 is 0.812 bits per heavy atom. The van der Waals surface area contributed by atoms with Crippen molar-refractivity contribution in [2.24, 2.45) is 0 Å². The average Bonchev–Trinajstić information content (AvgIpc) is 1.99. The molecule has 1 aromatic carbocycles. The zero-order valence-corrected chi connectivity index (χ0v) is 9.18. The van der Waals surface area contributed by atoms with Crippen LogP contribution in [0.2, 0.25) is 0 Å². The number of phenolic OH excluding ortho intramolecular Hbond substituents is 1. The van der Waals surface area contributed by atoms with Gasteiger partial charge in [-0.3, -0.25) is 13.7 Å². The van der Waals surface area contributed by atoms with Gasteiger partial charge in [0.1, 0.15) is 5.75 Å². The molecule has 16 heavy (non-hydrogen) atoms. The van der Waals surface area contributed by atoms with Crippen LogP contribution in [0.5, 0.6) is 5.75 Å². The fraction of sp³-hybridized carbons (Fsp3) is 0. The zero-order chi connectivity index (χ0) is 13.0. The summed E-state index contributed by atoms with van der Waals surface area (Å²) in [6.07, 6.45) is 0. The molecule has 0 aliphatic heterocycles. The van der Waals surface area contributed by atoms with Crippen molar-refractivity contribution >= 4 is 20.5 Å². The zero-order valence-electron chi connectivity index (χ0n) is 7.55. The summed E-state index contributed by atoms with van der Waals surface area (Å²) < 4.78 is 60.9. The van der Waals surface area contributed by atoms with Gasteiger partial charge in [-0.25, -0.2) is 0 Å². The summed E-state index contributed by atoms with van der Waals surface area (Å²) in [5, 5.41) is 8.75. The summed E-state index contributed by atoms with van der Waals surface area (Å²) in [5.41, 5.74) is 0. The van der Waals surface area contributed by atoms with Crippen molar-refractivity contribution in [2.75, 3.05) is 0 Å². The second-order valence-corrected chi connectivity index (χ2v) is 4.73. The highest BCUT2D eigenvalue weighted by atomic mass is 32.3. The Kier molecular flexibility index (Phi) is 4.83. The van der Waals surface area contributed by atoms with Crippen molar-refractivity contribution < 1.29 is 35.6 Å². The van der Waals surface area contributed by atoms with Gasteiger partial charge in [0, 0.05) is 0 Å². The Bertz CT molecular complexity index is 518. The number of hydrogen-bond donors (Lipinski definition) is 4. The van der Waals surface area contributed by atoms with Crippen LogP contribution in [0.15, 0.2) is 29.2 Å². The third-order valence-corrected chi connectivity index (χ3v) is 2.00. The van der Waals surface area contributed by atoms with E-state index in [0.717, 1.165) is 12.1 Å². The summed E-state index contributed by atoms with van der Waals surface area (Å²) in [7, 11) is -8.80. The van der Waals surface area contributed by atoms with Gasteiger partial charge in [0.05, 0.1) is 4.90 Å². The van der Waals surface area contributed by atoms with E-state index < -0.39 is 20.5 Å². The normalized spacial score (nSPS) is 11.4. The Morgan fingerprint density at radius 3 is 1.38 bits per heavy atom. The van der Waals surface area contributed by atoms with E-state index in [-0.39, 0.29) is 10.6 Å². The van der Waals surface area contributed by atoms with E-state index in [1.54, 1.807) is 0 Å². The van der Waals surface area contributed by atoms with Gasteiger partial charge in [-0.2, -0.15) is 16.8 Å². The number of rotatable bonds is 1. The van der Waals surface area contributed by atoms with E-state index >= 15 is 0 Å². The van der Waals surface area contributed by atoms with Crippen LogP contribution in [0.3, 0.4) is 0 Å². The first kappa shape index (κ1) is 14.8. The van der Waals surface area contributed by atoms with Gasteiger partial charge in [0.2, 0.25) is 0 Å². The fourth-order valence-electron chi connectivity index (χ4n) is 0.618. The maximum atomic E-state index is 10.4. The minimum atomic E-state index is -4.67. The molecule has 4 N–H and O–H groups in total. The molecular weight excluding hydrogens is 264 g/mol. The highest BCUT2D eigenvalue weighted by Gasteiger charge is 2.07. The maximum Gasteiger partial charge on any atom is 0.394 e. The molecule has 0 aromatic heterocycles. The van der Waals surface area contributed by atoms with Gasteiger partial charge in [-0.1, -0.05) is 0 Å². The quantitative estimate of drug-likeness (QED) is 0.521. The van der Waals surface area contributed by atoms with Crippen LogP contribution in [-0.2, 0) is 20.5 Å². The minimum absolute atomic E-state index is 0.0441. The molecule has 92 valence electrons. The summed E-state index contributed by atoms with van der Waals surface area (Å²) >= 11 is 0. The van der Waals surface area contributed by atoms with Crippen LogP contribution in [0, 0.1) is 0 Å². The van der Waals surface area contributed by atoms with Crippen LogP contribution >= 0.6 is 0 Å². The predicted molar refractivity (Wildman–Crippen MR) is 52.1 cm³/mol. The topological polar surface area (TPSA) is 149 Å². The lowest BCUT2D eigenvalue weighted by atomic mass is 10.3. The Morgan fingerprint density at radius 2 is 1.12 bits per heavy atom. The molecule has 0 saturated heterocycles. The van der Waals surface area contributed by atoms with Crippen LogP contribution in [0.25, 0.3) is 0 Å². The molecule has 0 amide bonds. The van der Waals surface area contributed by atoms with Gasteiger partial charge in [-0.05, 0) is 24.3 Å². The van der Waals surface area contributed by atoms with Crippen molar-refractivity contribution in [3.05, 3.63) is 24.3 Å². The molecule has 0 unspecified atom stereocenters. The molecular formula is C6H8O8S2. The van der Waals surface area contributed by atoms with Gasteiger partial charge < -0.3 is 5.11 Å². The Hall–Kier alpha value is -1.20. The monoisotopic (exact) mass is 272 g/mol. The third-order valence-electron chi connectivity index (χ3n) is 1.13. The van der Waals surface area contributed by atoms with Crippen LogP contribution in [-0.4, -0.2) is 35.6 Å². The van der Waals surface area contributed by atoms with E-state index in [0.29, 0.717) is 0 Å². The van der Waals surface area contributed by atoms with Gasteiger partial charge in [0.15, 0.2) is 0 Å². The lowest BCUT2D eigenvalue weighted by Gasteiger charge is -1.94. The van der Waals surface area contributed by atoms with Crippen LogP contribution < -0.4 is 0 Å². The molecule has 8 nitrogen and oxygen atoms in total. The first-order valence-electron chi connectivity index (χ1n) is 3.46. The number of hydrogen-bond acceptors (Lipinski definition) is 5. The molecule has 1 rings (SSSR count). The van der Waals surface area contributed by atoms with Gasteiger partial charge in [0.25, 0.3) is 10.1 Å². The molecule has 0 atom stereocenters. The van der Waals surface area contributed by atoms with Gasteiger partial charge in [-0.15, -0.1) is 0 Å². The molecule has 0 spiro atoms. The van der Waals surface area contributed by atoms with Crippen LogP contribution in [0.4, 0.5) is 0 Å². The Balaban J connectivity index is 0.000000385. The average molecular weight is 272 g/mol. The number of benzene rings is 1. The number of phenols is 1. The van der Waals surface area contributed by atoms with Crippen LogP contribution in [0.1, 0.15) is 0 Å². The van der Waals surface area contributed by atoms with Crippen molar-refractivity contribution in [3.8, 4) is 5.75 Å². The molecule has 0 aliphatic carbocycles. The fourth-order valence-corrected chi connectivity index (χ4v) is 1.10. The predicted octanol–water partition coefficient (Wildman–Crippen LogP) is -0.0139. The van der Waals surface area contributed by atoms with E-state index in [1.807, 2.05) is 0 Å². The molecule has 0 fully saturated rings.